The number of piperazine rings is 1. The average Bonchev–Trinajstić information content (AvgIpc) is 2.50. The van der Waals surface area contributed by atoms with Crippen LogP contribution in [0.1, 0.15) is 31.4 Å². The Morgan fingerprint density at radius 2 is 2.00 bits per heavy atom. The maximum Gasteiger partial charge on any atom is 0.275 e. The summed E-state index contributed by atoms with van der Waals surface area (Å²) in [4.78, 5) is 15.8. The van der Waals surface area contributed by atoms with Crippen LogP contribution in [0.15, 0.2) is 18.2 Å². The summed E-state index contributed by atoms with van der Waals surface area (Å²) in [5.74, 6) is 0.185. The summed E-state index contributed by atoms with van der Waals surface area (Å²) in [5.41, 5.74) is 4.07. The van der Waals surface area contributed by atoms with E-state index < -0.39 is 0 Å². The van der Waals surface area contributed by atoms with Gasteiger partial charge < -0.3 is 15.1 Å². The molecule has 0 aromatic heterocycles. The van der Waals surface area contributed by atoms with E-state index in [-0.39, 0.29) is 11.9 Å². The largest absolute Gasteiger partial charge is 0.360 e. The Hall–Kier alpha value is -1.55. The van der Waals surface area contributed by atoms with Gasteiger partial charge in [0.15, 0.2) is 6.54 Å². The molecule has 122 valence electrons. The Labute approximate surface area is 134 Å². The van der Waals surface area contributed by atoms with Gasteiger partial charge in [0.1, 0.15) is 0 Å². The van der Waals surface area contributed by atoms with Gasteiger partial charge in [0.25, 0.3) is 5.91 Å². The first-order chi connectivity index (χ1) is 10.5. The molecule has 1 aliphatic heterocycles. The zero-order valence-corrected chi connectivity index (χ0v) is 14.4. The molecule has 1 fully saturated rings. The summed E-state index contributed by atoms with van der Waals surface area (Å²) in [6.45, 7) is 13.2. The molecule has 0 unspecified atom stereocenters. The number of hydrogen-bond acceptors (Lipinski definition) is 2. The van der Waals surface area contributed by atoms with Gasteiger partial charge in [0.2, 0.25) is 0 Å². The van der Waals surface area contributed by atoms with Crippen molar-refractivity contribution in [1.29, 1.82) is 0 Å². The van der Waals surface area contributed by atoms with Crippen LogP contribution in [0.25, 0.3) is 0 Å². The molecular weight excluding hydrogens is 274 g/mol. The quantitative estimate of drug-likeness (QED) is 0.849. The fraction of sp³-hybridized carbons (Fsp3) is 0.611. The molecule has 4 heteroatoms. The Morgan fingerprint density at radius 1 is 1.32 bits per heavy atom. The third kappa shape index (κ3) is 4.23. The second kappa shape index (κ2) is 7.63. The SMILES string of the molecule is CC[C@H](C)NC(=O)C[NH+]1CCN(c2cccc(C)c2C)CC1. The van der Waals surface area contributed by atoms with Crippen molar-refractivity contribution in [2.45, 2.75) is 40.2 Å². The number of carbonyl (C=O) groups excluding carboxylic acids is 1. The van der Waals surface area contributed by atoms with Gasteiger partial charge in [-0.2, -0.15) is 0 Å². The van der Waals surface area contributed by atoms with E-state index in [0.717, 1.165) is 32.6 Å². The smallest absolute Gasteiger partial charge is 0.275 e. The summed E-state index contributed by atoms with van der Waals surface area (Å²) >= 11 is 0. The van der Waals surface area contributed by atoms with Crippen LogP contribution in [0, 0.1) is 13.8 Å². The molecule has 2 rings (SSSR count). The topological polar surface area (TPSA) is 36.8 Å². The van der Waals surface area contributed by atoms with Crippen molar-refractivity contribution in [3.63, 3.8) is 0 Å². The van der Waals surface area contributed by atoms with Crippen LogP contribution in [-0.4, -0.2) is 44.7 Å². The van der Waals surface area contributed by atoms with E-state index in [1.807, 2.05) is 0 Å². The first kappa shape index (κ1) is 16.8. The zero-order valence-electron chi connectivity index (χ0n) is 14.4. The molecule has 0 spiro atoms. The standard InChI is InChI=1S/C18H29N3O/c1-5-15(3)19-18(22)13-20-9-11-21(12-10-20)17-8-6-7-14(2)16(17)4/h6-8,15H,5,9-13H2,1-4H3,(H,19,22)/p+1/t15-/m0/s1. The van der Waals surface area contributed by atoms with Crippen molar-refractivity contribution in [3.8, 4) is 0 Å². The van der Waals surface area contributed by atoms with Gasteiger partial charge in [-0.15, -0.1) is 0 Å². The fourth-order valence-electron chi connectivity index (χ4n) is 2.97. The summed E-state index contributed by atoms with van der Waals surface area (Å²) < 4.78 is 0. The summed E-state index contributed by atoms with van der Waals surface area (Å²) in [6.07, 6.45) is 0.988. The van der Waals surface area contributed by atoms with E-state index in [2.05, 4.69) is 56.1 Å². The molecule has 1 aromatic carbocycles. The highest BCUT2D eigenvalue weighted by Gasteiger charge is 2.23. The molecule has 2 N–H and O–H groups in total. The number of benzene rings is 1. The molecule has 0 radical (unpaired) electrons. The number of nitrogens with zero attached hydrogens (tertiary/aromatic N) is 1. The number of hydrogen-bond donors (Lipinski definition) is 2. The number of amides is 1. The lowest BCUT2D eigenvalue weighted by molar-refractivity contribution is -0.892. The maximum atomic E-state index is 12.0. The minimum absolute atomic E-state index is 0.185. The molecular formula is C18H30N3O+. The molecule has 1 atom stereocenters. The minimum atomic E-state index is 0.185. The van der Waals surface area contributed by atoms with Crippen LogP contribution >= 0.6 is 0 Å². The van der Waals surface area contributed by atoms with Gasteiger partial charge in [-0.3, -0.25) is 4.79 Å². The molecule has 1 aromatic rings. The maximum absolute atomic E-state index is 12.0. The van der Waals surface area contributed by atoms with E-state index in [4.69, 9.17) is 0 Å². The van der Waals surface area contributed by atoms with Crippen LogP contribution < -0.4 is 15.1 Å². The minimum Gasteiger partial charge on any atom is -0.360 e. The van der Waals surface area contributed by atoms with Crippen LogP contribution in [-0.2, 0) is 4.79 Å². The van der Waals surface area contributed by atoms with E-state index in [9.17, 15) is 4.79 Å². The van der Waals surface area contributed by atoms with E-state index in [1.165, 1.54) is 21.7 Å². The van der Waals surface area contributed by atoms with Gasteiger partial charge in [-0.1, -0.05) is 19.1 Å². The highest BCUT2D eigenvalue weighted by Crippen LogP contribution is 2.22. The van der Waals surface area contributed by atoms with Crippen LogP contribution in [0.2, 0.25) is 0 Å². The van der Waals surface area contributed by atoms with Gasteiger partial charge in [-0.25, -0.2) is 0 Å². The van der Waals surface area contributed by atoms with E-state index in [0.29, 0.717) is 6.54 Å². The normalized spacial score (nSPS) is 17.4. The monoisotopic (exact) mass is 304 g/mol. The van der Waals surface area contributed by atoms with E-state index in [1.54, 1.807) is 0 Å². The van der Waals surface area contributed by atoms with Crippen molar-refractivity contribution in [3.05, 3.63) is 29.3 Å². The number of rotatable bonds is 5. The number of quaternary nitrogens is 1. The Morgan fingerprint density at radius 3 is 2.64 bits per heavy atom. The zero-order chi connectivity index (χ0) is 16.1. The highest BCUT2D eigenvalue weighted by atomic mass is 16.2. The molecule has 1 heterocycles. The molecule has 0 saturated carbocycles. The summed E-state index contributed by atoms with van der Waals surface area (Å²) in [6, 6.07) is 6.79. The van der Waals surface area contributed by atoms with Gasteiger partial charge in [0, 0.05) is 11.7 Å². The third-order valence-corrected chi connectivity index (χ3v) is 4.82. The predicted octanol–water partition coefficient (Wildman–Crippen LogP) is 0.923. The third-order valence-electron chi connectivity index (χ3n) is 4.82. The number of carbonyl (C=O) groups is 1. The Bertz CT molecular complexity index is 507. The van der Waals surface area contributed by atoms with Crippen molar-refractivity contribution >= 4 is 11.6 Å². The highest BCUT2D eigenvalue weighted by molar-refractivity contribution is 5.77. The first-order valence-electron chi connectivity index (χ1n) is 8.45. The summed E-state index contributed by atoms with van der Waals surface area (Å²) in [7, 11) is 0. The lowest BCUT2D eigenvalue weighted by atomic mass is 10.1. The molecule has 0 aliphatic carbocycles. The van der Waals surface area contributed by atoms with Crippen LogP contribution in [0.3, 0.4) is 0 Å². The molecule has 22 heavy (non-hydrogen) atoms. The van der Waals surface area contributed by atoms with Crippen molar-refractivity contribution in [2.75, 3.05) is 37.6 Å². The molecule has 1 saturated heterocycles. The molecule has 1 amide bonds. The Balaban J connectivity index is 1.85. The second-order valence-electron chi connectivity index (χ2n) is 6.51. The van der Waals surface area contributed by atoms with Crippen LogP contribution in [0.5, 0.6) is 0 Å². The summed E-state index contributed by atoms with van der Waals surface area (Å²) in [5, 5.41) is 3.06. The number of aryl methyl sites for hydroxylation is 1. The van der Waals surface area contributed by atoms with Crippen molar-refractivity contribution < 1.29 is 9.69 Å². The second-order valence-corrected chi connectivity index (χ2v) is 6.51. The molecule has 0 bridgehead atoms. The molecule has 4 nitrogen and oxygen atoms in total. The fourth-order valence-corrected chi connectivity index (χ4v) is 2.97. The van der Waals surface area contributed by atoms with Gasteiger partial charge in [0.05, 0.1) is 26.2 Å². The molecule has 1 aliphatic rings. The predicted molar refractivity (Wildman–Crippen MR) is 91.6 cm³/mol. The van der Waals surface area contributed by atoms with Crippen molar-refractivity contribution in [2.24, 2.45) is 0 Å². The Kier molecular flexibility index (Phi) is 5.83. The van der Waals surface area contributed by atoms with Crippen molar-refractivity contribution in [1.82, 2.24) is 5.32 Å². The lowest BCUT2D eigenvalue weighted by Gasteiger charge is -2.34. The first-order valence-corrected chi connectivity index (χ1v) is 8.45. The van der Waals surface area contributed by atoms with Gasteiger partial charge in [-0.05, 0) is 44.4 Å². The average molecular weight is 304 g/mol. The number of nitrogens with one attached hydrogen (secondary N) is 2. The lowest BCUT2D eigenvalue weighted by Crippen LogP contribution is -3.16. The van der Waals surface area contributed by atoms with Gasteiger partial charge >= 0.3 is 0 Å². The van der Waals surface area contributed by atoms with Crippen LogP contribution in [0.4, 0.5) is 5.69 Å². The number of anilines is 1. The van der Waals surface area contributed by atoms with E-state index >= 15 is 0 Å².